The number of phenols is 1. The normalized spacial score (nSPS) is 15.4. The Morgan fingerprint density at radius 3 is 2.62 bits per heavy atom. The first-order valence-electron chi connectivity index (χ1n) is 3.86. The summed E-state index contributed by atoms with van der Waals surface area (Å²) in [6, 6.07) is 4.68. The number of aliphatic hydroxyl groups is 1. The van der Waals surface area contributed by atoms with Crippen molar-refractivity contribution in [3.63, 3.8) is 0 Å². The van der Waals surface area contributed by atoms with Crippen molar-refractivity contribution >= 4 is 11.6 Å². The molecule has 0 bridgehead atoms. The van der Waals surface area contributed by atoms with E-state index in [0.717, 1.165) is 0 Å². The van der Waals surface area contributed by atoms with Crippen molar-refractivity contribution in [2.45, 2.75) is 12.5 Å². The first-order valence-corrected chi connectivity index (χ1v) is 4.24. The number of aliphatic hydroxyl groups excluding tert-OH is 1. The number of hydrogen-bond donors (Lipinski definition) is 3. The summed E-state index contributed by atoms with van der Waals surface area (Å²) in [5, 5.41) is 18.5. The average Bonchev–Trinajstić information content (AvgIpc) is 2.09. The Bertz CT molecular complexity index is 312. The van der Waals surface area contributed by atoms with Crippen LogP contribution < -0.4 is 5.73 Å². The van der Waals surface area contributed by atoms with Crippen molar-refractivity contribution in [2.75, 3.05) is 6.61 Å². The summed E-state index contributed by atoms with van der Waals surface area (Å²) in [4.78, 5) is 0. The van der Waals surface area contributed by atoms with Gasteiger partial charge in [0, 0.05) is 0 Å². The third kappa shape index (κ3) is 2.12. The average molecular weight is 202 g/mol. The van der Waals surface area contributed by atoms with Crippen LogP contribution in [0.1, 0.15) is 12.5 Å². The number of phenolic OH excluding ortho intramolecular Hbond substituents is 1. The van der Waals surface area contributed by atoms with Crippen molar-refractivity contribution in [1.29, 1.82) is 0 Å². The third-order valence-corrected chi connectivity index (χ3v) is 2.25. The Balaban J connectivity index is 3.10. The molecule has 13 heavy (non-hydrogen) atoms. The van der Waals surface area contributed by atoms with Crippen LogP contribution in [0.25, 0.3) is 0 Å². The van der Waals surface area contributed by atoms with Crippen LogP contribution in [0.3, 0.4) is 0 Å². The zero-order valence-corrected chi connectivity index (χ0v) is 8.04. The lowest BCUT2D eigenvalue weighted by molar-refractivity contribution is 0.210. The molecule has 1 aromatic rings. The van der Waals surface area contributed by atoms with E-state index in [0.29, 0.717) is 5.56 Å². The molecule has 0 amide bonds. The summed E-state index contributed by atoms with van der Waals surface area (Å²) in [7, 11) is 0. The fraction of sp³-hybridized carbons (Fsp3) is 0.333. The molecular formula is C9H12ClNO2. The minimum atomic E-state index is -0.845. The molecule has 0 unspecified atom stereocenters. The standard InChI is InChI=1S/C9H12ClNO2/c1-9(11,5-12)6-2-3-7(10)8(13)4-6/h2-4,12-13H,5,11H2,1H3/t9-/m1/s1. The Hall–Kier alpha value is -0.770. The monoisotopic (exact) mass is 201 g/mol. The van der Waals surface area contributed by atoms with Crippen molar-refractivity contribution in [3.8, 4) is 5.75 Å². The highest BCUT2D eigenvalue weighted by molar-refractivity contribution is 6.32. The number of halogens is 1. The maximum absolute atomic E-state index is 9.29. The van der Waals surface area contributed by atoms with Gasteiger partial charge in [0.2, 0.25) is 0 Å². The number of nitrogens with two attached hydrogens (primary N) is 1. The molecule has 1 atom stereocenters. The van der Waals surface area contributed by atoms with Crippen LogP contribution in [-0.2, 0) is 5.54 Å². The molecule has 0 spiro atoms. The zero-order valence-electron chi connectivity index (χ0n) is 7.29. The second-order valence-corrected chi connectivity index (χ2v) is 3.65. The van der Waals surface area contributed by atoms with Gasteiger partial charge < -0.3 is 15.9 Å². The van der Waals surface area contributed by atoms with Crippen molar-refractivity contribution in [1.82, 2.24) is 0 Å². The molecule has 0 saturated carbocycles. The van der Waals surface area contributed by atoms with Crippen LogP contribution in [0.2, 0.25) is 5.02 Å². The fourth-order valence-corrected chi connectivity index (χ4v) is 1.08. The van der Waals surface area contributed by atoms with Crippen LogP contribution in [0, 0.1) is 0 Å². The highest BCUT2D eigenvalue weighted by atomic mass is 35.5. The van der Waals surface area contributed by atoms with E-state index in [1.54, 1.807) is 19.1 Å². The molecule has 0 aliphatic heterocycles. The van der Waals surface area contributed by atoms with E-state index in [4.69, 9.17) is 22.4 Å². The molecule has 0 aliphatic carbocycles. The Kier molecular flexibility index (Phi) is 2.81. The van der Waals surface area contributed by atoms with Gasteiger partial charge in [-0.15, -0.1) is 0 Å². The van der Waals surface area contributed by atoms with Crippen LogP contribution in [0.5, 0.6) is 5.75 Å². The van der Waals surface area contributed by atoms with Gasteiger partial charge in [-0.2, -0.15) is 0 Å². The predicted molar refractivity (Wildman–Crippen MR) is 51.7 cm³/mol. The highest BCUT2D eigenvalue weighted by Crippen LogP contribution is 2.27. The molecule has 0 saturated heterocycles. The second-order valence-electron chi connectivity index (χ2n) is 3.24. The van der Waals surface area contributed by atoms with Gasteiger partial charge in [0.15, 0.2) is 0 Å². The van der Waals surface area contributed by atoms with E-state index in [1.165, 1.54) is 6.07 Å². The number of hydrogen-bond acceptors (Lipinski definition) is 3. The molecule has 4 heteroatoms. The second kappa shape index (κ2) is 3.54. The smallest absolute Gasteiger partial charge is 0.134 e. The van der Waals surface area contributed by atoms with Gasteiger partial charge in [-0.05, 0) is 24.6 Å². The first-order chi connectivity index (χ1) is 5.97. The molecule has 72 valence electrons. The molecule has 3 nitrogen and oxygen atoms in total. The third-order valence-electron chi connectivity index (χ3n) is 1.93. The Morgan fingerprint density at radius 2 is 2.15 bits per heavy atom. The summed E-state index contributed by atoms with van der Waals surface area (Å²) in [6.07, 6.45) is 0. The van der Waals surface area contributed by atoms with E-state index in [1.807, 2.05) is 0 Å². The maximum Gasteiger partial charge on any atom is 0.134 e. The van der Waals surface area contributed by atoms with Crippen LogP contribution in [0.4, 0.5) is 0 Å². The highest BCUT2D eigenvalue weighted by Gasteiger charge is 2.20. The van der Waals surface area contributed by atoms with E-state index >= 15 is 0 Å². The molecule has 0 aliphatic rings. The van der Waals surface area contributed by atoms with Gasteiger partial charge in [-0.1, -0.05) is 17.7 Å². The first kappa shape index (κ1) is 10.3. The largest absolute Gasteiger partial charge is 0.506 e. The number of aromatic hydroxyl groups is 1. The van der Waals surface area contributed by atoms with Crippen LogP contribution >= 0.6 is 11.6 Å². The molecule has 1 aromatic carbocycles. The molecule has 0 aromatic heterocycles. The molecule has 0 heterocycles. The van der Waals surface area contributed by atoms with Crippen LogP contribution in [-0.4, -0.2) is 16.8 Å². The lowest BCUT2D eigenvalue weighted by atomic mass is 9.94. The van der Waals surface area contributed by atoms with Crippen molar-refractivity contribution in [3.05, 3.63) is 28.8 Å². The molecule has 1 rings (SSSR count). The lowest BCUT2D eigenvalue weighted by Crippen LogP contribution is -2.36. The Morgan fingerprint density at radius 1 is 1.54 bits per heavy atom. The van der Waals surface area contributed by atoms with E-state index in [-0.39, 0.29) is 17.4 Å². The van der Waals surface area contributed by atoms with Crippen molar-refractivity contribution < 1.29 is 10.2 Å². The van der Waals surface area contributed by atoms with Crippen LogP contribution in [0.15, 0.2) is 18.2 Å². The quantitative estimate of drug-likeness (QED) is 0.674. The zero-order chi connectivity index (χ0) is 10.1. The molecular weight excluding hydrogens is 190 g/mol. The van der Waals surface area contributed by atoms with E-state index in [9.17, 15) is 5.11 Å². The molecule has 0 fully saturated rings. The van der Waals surface area contributed by atoms with Gasteiger partial charge in [-0.25, -0.2) is 0 Å². The number of benzene rings is 1. The lowest BCUT2D eigenvalue weighted by Gasteiger charge is -2.22. The summed E-state index contributed by atoms with van der Waals surface area (Å²) in [5.41, 5.74) is 5.56. The minimum Gasteiger partial charge on any atom is -0.506 e. The Labute approximate surface area is 81.8 Å². The van der Waals surface area contributed by atoms with Gasteiger partial charge in [0.05, 0.1) is 17.2 Å². The SMILES string of the molecule is C[C@@](N)(CO)c1ccc(Cl)c(O)c1. The summed E-state index contributed by atoms with van der Waals surface area (Å²) in [6.45, 7) is 1.49. The van der Waals surface area contributed by atoms with E-state index < -0.39 is 5.54 Å². The van der Waals surface area contributed by atoms with Crippen molar-refractivity contribution in [2.24, 2.45) is 5.73 Å². The van der Waals surface area contributed by atoms with Gasteiger partial charge >= 0.3 is 0 Å². The summed E-state index contributed by atoms with van der Waals surface area (Å²) in [5.74, 6) is -0.0238. The number of rotatable bonds is 2. The predicted octanol–water partition coefficient (Wildman–Crippen LogP) is 1.21. The topological polar surface area (TPSA) is 66.5 Å². The summed E-state index contributed by atoms with van der Waals surface area (Å²) < 4.78 is 0. The maximum atomic E-state index is 9.29. The fourth-order valence-electron chi connectivity index (χ4n) is 0.959. The molecule has 0 radical (unpaired) electrons. The van der Waals surface area contributed by atoms with Gasteiger partial charge in [-0.3, -0.25) is 0 Å². The molecule has 4 N–H and O–H groups in total. The summed E-state index contributed by atoms with van der Waals surface area (Å²) >= 11 is 5.62. The van der Waals surface area contributed by atoms with E-state index in [2.05, 4.69) is 0 Å². The van der Waals surface area contributed by atoms with Gasteiger partial charge in [0.25, 0.3) is 0 Å². The minimum absolute atomic E-state index is 0.0238. The van der Waals surface area contributed by atoms with Gasteiger partial charge in [0.1, 0.15) is 5.75 Å².